The Morgan fingerprint density at radius 3 is 2.87 bits per heavy atom. The van der Waals surface area contributed by atoms with E-state index in [1.165, 1.54) is 24.6 Å². The van der Waals surface area contributed by atoms with Crippen molar-refractivity contribution < 1.29 is 14.0 Å². The fourth-order valence-electron chi connectivity index (χ4n) is 1.58. The third-order valence-electron chi connectivity index (χ3n) is 2.62. The van der Waals surface area contributed by atoms with E-state index in [9.17, 15) is 9.59 Å². The Morgan fingerprint density at radius 2 is 2.13 bits per heavy atom. The van der Waals surface area contributed by atoms with Gasteiger partial charge in [0.15, 0.2) is 0 Å². The van der Waals surface area contributed by atoms with Crippen LogP contribution in [0.5, 0.6) is 0 Å². The molecule has 2 rings (SSSR count). The van der Waals surface area contributed by atoms with E-state index in [1.807, 2.05) is 0 Å². The number of amides is 2. The maximum Gasteiger partial charge on any atom is 0.259 e. The molecule has 0 saturated carbocycles. The second-order valence-electron chi connectivity index (χ2n) is 4.41. The highest BCUT2D eigenvalue weighted by Crippen LogP contribution is 2.08. The number of nitrogens with zero attached hydrogens (tertiary/aromatic N) is 1. The Bertz CT molecular complexity index is 724. The molecule has 118 valence electrons. The fraction of sp³-hybridized carbons (Fsp3) is 0.0625. The Hall–Kier alpha value is -2.86. The number of hydrazone groups is 1. The van der Waals surface area contributed by atoms with Crippen molar-refractivity contribution in [3.05, 3.63) is 65.1 Å². The van der Waals surface area contributed by atoms with Gasteiger partial charge in [-0.1, -0.05) is 23.7 Å². The first-order chi connectivity index (χ1) is 11.1. The van der Waals surface area contributed by atoms with Gasteiger partial charge in [-0.3, -0.25) is 9.59 Å². The van der Waals surface area contributed by atoms with E-state index >= 15 is 0 Å². The summed E-state index contributed by atoms with van der Waals surface area (Å²) < 4.78 is 5.04. The second-order valence-corrected chi connectivity index (χ2v) is 4.85. The van der Waals surface area contributed by atoms with Crippen molar-refractivity contribution in [2.24, 2.45) is 5.10 Å². The SMILES string of the molecule is O=C(/C=C/c1ccco1)NCC(=O)N/N=C\c1cccc(Cl)c1. The molecular weight excluding hydrogens is 318 g/mol. The van der Waals surface area contributed by atoms with Crippen LogP contribution in [0.2, 0.25) is 5.02 Å². The summed E-state index contributed by atoms with van der Waals surface area (Å²) in [5, 5.41) is 6.79. The molecule has 6 nitrogen and oxygen atoms in total. The van der Waals surface area contributed by atoms with Crippen LogP contribution in [-0.4, -0.2) is 24.6 Å². The van der Waals surface area contributed by atoms with Gasteiger partial charge in [0.05, 0.1) is 19.0 Å². The lowest BCUT2D eigenvalue weighted by Gasteiger charge is -2.00. The summed E-state index contributed by atoms with van der Waals surface area (Å²) in [7, 11) is 0. The lowest BCUT2D eigenvalue weighted by atomic mass is 10.2. The average Bonchev–Trinajstić information content (AvgIpc) is 3.04. The number of carbonyl (C=O) groups excluding carboxylic acids is 2. The van der Waals surface area contributed by atoms with Crippen LogP contribution in [-0.2, 0) is 9.59 Å². The van der Waals surface area contributed by atoms with Crippen molar-refractivity contribution in [1.82, 2.24) is 10.7 Å². The van der Waals surface area contributed by atoms with Crippen molar-refractivity contribution >= 4 is 35.7 Å². The molecule has 2 amide bonds. The highest BCUT2D eigenvalue weighted by atomic mass is 35.5. The highest BCUT2D eigenvalue weighted by Gasteiger charge is 2.01. The van der Waals surface area contributed by atoms with Crippen LogP contribution >= 0.6 is 11.6 Å². The lowest BCUT2D eigenvalue weighted by molar-refractivity contribution is -0.123. The lowest BCUT2D eigenvalue weighted by Crippen LogP contribution is -2.34. The van der Waals surface area contributed by atoms with Gasteiger partial charge >= 0.3 is 0 Å². The zero-order valence-corrected chi connectivity index (χ0v) is 12.8. The zero-order valence-electron chi connectivity index (χ0n) is 12.0. The van der Waals surface area contributed by atoms with Crippen LogP contribution in [0.4, 0.5) is 0 Å². The Labute approximate surface area is 137 Å². The number of rotatable bonds is 6. The average molecular weight is 332 g/mol. The van der Waals surface area contributed by atoms with Crippen LogP contribution in [0.15, 0.2) is 58.3 Å². The molecule has 2 N–H and O–H groups in total. The van der Waals surface area contributed by atoms with Crippen molar-refractivity contribution in [2.45, 2.75) is 0 Å². The smallest absolute Gasteiger partial charge is 0.259 e. The Balaban J connectivity index is 1.71. The molecule has 0 aliphatic carbocycles. The molecule has 0 atom stereocenters. The maximum absolute atomic E-state index is 11.5. The summed E-state index contributed by atoms with van der Waals surface area (Å²) in [4.78, 5) is 23.0. The summed E-state index contributed by atoms with van der Waals surface area (Å²) in [6, 6.07) is 10.4. The van der Waals surface area contributed by atoms with Gasteiger partial charge in [0.25, 0.3) is 5.91 Å². The van der Waals surface area contributed by atoms with Crippen molar-refractivity contribution in [1.29, 1.82) is 0 Å². The first-order valence-corrected chi connectivity index (χ1v) is 7.08. The topological polar surface area (TPSA) is 83.7 Å². The molecule has 1 aromatic heterocycles. The molecule has 0 unspecified atom stereocenters. The van der Waals surface area contributed by atoms with E-state index < -0.39 is 11.8 Å². The zero-order chi connectivity index (χ0) is 16.5. The predicted octanol–water partition coefficient (Wildman–Crippen LogP) is 2.21. The van der Waals surface area contributed by atoms with Crippen molar-refractivity contribution in [2.75, 3.05) is 6.54 Å². The van der Waals surface area contributed by atoms with Crippen molar-refractivity contribution in [3.63, 3.8) is 0 Å². The molecule has 0 aliphatic heterocycles. The first-order valence-electron chi connectivity index (χ1n) is 6.70. The quantitative estimate of drug-likeness (QED) is 0.483. The highest BCUT2D eigenvalue weighted by molar-refractivity contribution is 6.30. The molecule has 0 saturated heterocycles. The minimum atomic E-state index is -0.442. The van der Waals surface area contributed by atoms with Crippen molar-refractivity contribution in [3.8, 4) is 0 Å². The van der Waals surface area contributed by atoms with Gasteiger partial charge in [-0.05, 0) is 35.9 Å². The van der Waals surface area contributed by atoms with Crippen LogP contribution in [0.25, 0.3) is 6.08 Å². The normalized spacial score (nSPS) is 11.0. The summed E-state index contributed by atoms with van der Waals surface area (Å²) in [5.74, 6) is -0.297. The fourth-order valence-corrected chi connectivity index (χ4v) is 1.77. The van der Waals surface area contributed by atoms with Gasteiger partial charge in [0.1, 0.15) is 5.76 Å². The number of halogens is 1. The largest absolute Gasteiger partial charge is 0.465 e. The Morgan fingerprint density at radius 1 is 1.26 bits per heavy atom. The van der Waals surface area contributed by atoms with Gasteiger partial charge in [-0.25, -0.2) is 5.43 Å². The summed E-state index contributed by atoms with van der Waals surface area (Å²) in [5.41, 5.74) is 3.06. The first kappa shape index (κ1) is 16.5. The third-order valence-corrected chi connectivity index (χ3v) is 2.85. The van der Waals surface area contributed by atoms with Crippen LogP contribution in [0, 0.1) is 0 Å². The van der Waals surface area contributed by atoms with E-state index in [4.69, 9.17) is 16.0 Å². The summed E-state index contributed by atoms with van der Waals surface area (Å²) in [6.07, 6.45) is 5.75. The van der Waals surface area contributed by atoms with Gasteiger partial charge in [0, 0.05) is 11.1 Å². The van der Waals surface area contributed by atoms with Gasteiger partial charge in [0.2, 0.25) is 5.91 Å². The minimum Gasteiger partial charge on any atom is -0.465 e. The van der Waals surface area contributed by atoms with Gasteiger partial charge < -0.3 is 9.73 Å². The van der Waals surface area contributed by atoms with Crippen LogP contribution < -0.4 is 10.7 Å². The number of carbonyl (C=O) groups is 2. The molecule has 2 aromatic rings. The molecule has 1 aromatic carbocycles. The van der Waals surface area contributed by atoms with E-state index in [0.29, 0.717) is 10.8 Å². The molecule has 0 bridgehead atoms. The van der Waals surface area contributed by atoms with Gasteiger partial charge in [-0.15, -0.1) is 0 Å². The molecule has 23 heavy (non-hydrogen) atoms. The number of nitrogens with one attached hydrogen (secondary N) is 2. The standard InChI is InChI=1S/C16H14ClN3O3/c17-13-4-1-3-12(9-13)10-19-20-16(22)11-18-15(21)7-6-14-5-2-8-23-14/h1-10H,11H2,(H,18,21)(H,20,22)/b7-6+,19-10-. The van der Waals surface area contributed by atoms with Crippen LogP contribution in [0.3, 0.4) is 0 Å². The number of hydrogen-bond acceptors (Lipinski definition) is 4. The Kier molecular flexibility index (Phi) is 6.14. The van der Waals surface area contributed by atoms with Gasteiger partial charge in [-0.2, -0.15) is 5.10 Å². The third kappa shape index (κ3) is 6.19. The predicted molar refractivity (Wildman–Crippen MR) is 87.9 cm³/mol. The molecule has 0 aliphatic rings. The second kappa shape index (κ2) is 8.55. The monoisotopic (exact) mass is 331 g/mol. The molecule has 0 radical (unpaired) electrons. The van der Waals surface area contributed by atoms with E-state index in [1.54, 1.807) is 36.4 Å². The van der Waals surface area contributed by atoms with E-state index in [2.05, 4.69) is 15.8 Å². The summed E-state index contributed by atoms with van der Waals surface area (Å²) in [6.45, 7) is -0.186. The number of benzene rings is 1. The molecule has 7 heteroatoms. The minimum absolute atomic E-state index is 0.186. The number of furan rings is 1. The molecule has 1 heterocycles. The maximum atomic E-state index is 11.5. The molecule has 0 spiro atoms. The van der Waals surface area contributed by atoms with E-state index in [-0.39, 0.29) is 6.54 Å². The number of hydrogen-bond donors (Lipinski definition) is 2. The van der Waals surface area contributed by atoms with Crippen LogP contribution in [0.1, 0.15) is 11.3 Å². The molecular formula is C16H14ClN3O3. The molecule has 0 fully saturated rings. The van der Waals surface area contributed by atoms with E-state index in [0.717, 1.165) is 5.56 Å². The summed E-state index contributed by atoms with van der Waals surface area (Å²) >= 11 is 5.83.